The van der Waals surface area contributed by atoms with Gasteiger partial charge in [0.05, 0.1) is 30.5 Å². The highest BCUT2D eigenvalue weighted by molar-refractivity contribution is 9.11. The number of hydrogen-bond acceptors (Lipinski definition) is 15. The highest BCUT2D eigenvalue weighted by Crippen LogP contribution is 2.28. The van der Waals surface area contributed by atoms with Crippen LogP contribution in [-0.4, -0.2) is 131 Å². The van der Waals surface area contributed by atoms with Gasteiger partial charge in [0.15, 0.2) is 27.9 Å². The van der Waals surface area contributed by atoms with E-state index < -0.39 is 23.6 Å². The number of imidazole rings is 4. The van der Waals surface area contributed by atoms with E-state index in [4.69, 9.17) is 4.98 Å². The highest BCUT2D eigenvalue weighted by atomic mass is 79.9. The van der Waals surface area contributed by atoms with Gasteiger partial charge < -0.3 is 28.5 Å². The Hall–Kier alpha value is -6.78. The maximum atomic E-state index is 13.3. The molecule has 430 valence electrons. The molecule has 2 aliphatic heterocycles. The number of amides is 1. The molecule has 0 spiro atoms. The van der Waals surface area contributed by atoms with Crippen molar-refractivity contribution in [1.82, 2.24) is 78.7 Å². The lowest BCUT2D eigenvalue weighted by atomic mass is 10.0. The van der Waals surface area contributed by atoms with Crippen LogP contribution in [0.2, 0.25) is 0 Å². The zero-order valence-corrected chi connectivity index (χ0v) is 51.9. The van der Waals surface area contributed by atoms with Crippen LogP contribution in [0.4, 0.5) is 14.6 Å². The summed E-state index contributed by atoms with van der Waals surface area (Å²) in [4.78, 5) is 67.4. The highest BCUT2D eigenvalue weighted by Gasteiger charge is 2.25. The summed E-state index contributed by atoms with van der Waals surface area (Å²) in [5, 5.41) is 12.9. The van der Waals surface area contributed by atoms with Crippen LogP contribution in [0.3, 0.4) is 0 Å². The first-order chi connectivity index (χ1) is 38.3. The topological polar surface area (TPSA) is 226 Å². The number of aromatic nitrogens is 14. The van der Waals surface area contributed by atoms with Gasteiger partial charge in [-0.3, -0.25) is 29.5 Å². The molecule has 0 aliphatic carbocycles. The molecule has 2 N–H and O–H groups in total. The quantitative estimate of drug-likeness (QED) is 0.0779. The number of H-pyrrole nitrogens is 1. The second-order valence-electron chi connectivity index (χ2n) is 17.8. The Bertz CT molecular complexity index is 3520. The van der Waals surface area contributed by atoms with E-state index in [1.54, 1.807) is 25.6 Å². The molecule has 1 amide bonds. The average molecular weight is 1370 g/mol. The summed E-state index contributed by atoms with van der Waals surface area (Å²) in [6.07, 6.45) is 14.8. The number of ketones is 1. The Kier molecular flexibility index (Phi) is 24.8. The van der Waals surface area contributed by atoms with Crippen LogP contribution >= 0.6 is 63.7 Å². The lowest BCUT2D eigenvalue weighted by molar-refractivity contribution is -0.0760. The van der Waals surface area contributed by atoms with Crippen molar-refractivity contribution in [3.05, 3.63) is 163 Å². The van der Waals surface area contributed by atoms with Crippen molar-refractivity contribution < 1.29 is 23.2 Å². The molecule has 0 radical (unpaired) electrons. The number of aryl methyl sites for hydroxylation is 4. The number of aromatic amines is 1. The van der Waals surface area contributed by atoms with E-state index in [2.05, 4.69) is 153 Å². The third-order valence-corrected chi connectivity index (χ3v) is 13.6. The normalized spacial score (nSPS) is 13.1. The van der Waals surface area contributed by atoms with Gasteiger partial charge in [0.1, 0.15) is 31.0 Å². The summed E-state index contributed by atoms with van der Waals surface area (Å²) >= 11 is 13.0. The van der Waals surface area contributed by atoms with E-state index in [9.17, 15) is 18.4 Å². The number of rotatable bonds is 9. The third-order valence-electron chi connectivity index (χ3n) is 11.7. The monoisotopic (exact) mass is 1370 g/mol. The molecule has 0 bridgehead atoms. The lowest BCUT2D eigenvalue weighted by Crippen LogP contribution is -2.51. The van der Waals surface area contributed by atoms with Gasteiger partial charge in [0, 0.05) is 121 Å². The summed E-state index contributed by atoms with van der Waals surface area (Å²) in [5.74, 6) is 1.02. The fourth-order valence-electron chi connectivity index (χ4n) is 8.00. The number of pyridine rings is 4. The first-order valence-electron chi connectivity index (χ1n) is 24.9. The smallest absolute Gasteiger partial charge is 0.281 e. The van der Waals surface area contributed by atoms with Gasteiger partial charge >= 0.3 is 0 Å². The molecule has 1 saturated heterocycles. The van der Waals surface area contributed by atoms with Crippen LogP contribution in [0.15, 0.2) is 122 Å². The predicted octanol–water partition coefficient (Wildman–Crippen LogP) is 10.5. The summed E-state index contributed by atoms with van der Waals surface area (Å²) in [6.45, 7) is 12.2. The van der Waals surface area contributed by atoms with Crippen molar-refractivity contribution in [2.24, 2.45) is 39.1 Å². The minimum absolute atomic E-state index is 0. The second-order valence-corrected chi connectivity index (χ2v) is 21.0. The first kappa shape index (κ1) is 65.0. The molecule has 1 fully saturated rings. The SMILES string of the molecule is C.CC.CC(C)C[C@H]1CN(c2cn(C)c(-c3[nH]nc4ncccc34)n2)CCN1.CON(C)C(=O)c1cccnc1F.Cn1cc(Br)nc1Br.Cn1cc(Br)nc1C(=O)c1cccnc1F.Cn1cc(Br)nc1C1=NCc2ncccc21. The lowest BCUT2D eigenvalue weighted by Gasteiger charge is -2.34. The number of carbonyl (C=O) groups excluding carboxylic acids is 2. The molecule has 9 aromatic rings. The first-order valence-corrected chi connectivity index (χ1v) is 28.1. The molecule has 11 heterocycles. The maximum Gasteiger partial charge on any atom is 0.281 e. The molecular weight excluding hydrogens is 1310 g/mol. The standard InChI is InChI=1S/C18H25N7.C11H9BrN4.C10H7BrFN3O.C8H9FN2O2.C4H4Br2N2.C2H6.CH4/c1-12(2)9-13-10-25(8-7-19-13)15-11-24(3)18(21-15)16-14-5-4-6-20-17(14)23-22-16;1-16-6-9(12)15-11(16)10-7-3-2-4-13-8(7)5-14-10;1-15-5-7(11)14-10(15)8(16)6-3-2-4-13-9(6)12;1-11(13-2)8(12)6-4-3-5-10-7(6)9;1-8-2-3(5)7-4(8)6;1-2;/h4-6,11-13,19H,7-10H2,1-3H3,(H,20,22,23);2-4,6H,5H2,1H3;2-5H,1H3;3-5H,1-2H3;2H,1H3;1-2H3;1H4/t13-;;;;;;/m0....../s1. The van der Waals surface area contributed by atoms with E-state index in [1.165, 1.54) is 61.8 Å². The number of fused-ring (bicyclic) bond motifs is 2. The third kappa shape index (κ3) is 17.1. The zero-order valence-electron chi connectivity index (χ0n) is 45.6. The number of halogens is 6. The number of nitrogens with one attached hydrogen (secondary N) is 2. The van der Waals surface area contributed by atoms with Gasteiger partial charge in [-0.15, -0.1) is 0 Å². The molecule has 0 aromatic carbocycles. The number of carbonyl (C=O) groups is 2. The fourth-order valence-corrected chi connectivity index (χ4v) is 9.96. The number of hydroxylamine groups is 2. The summed E-state index contributed by atoms with van der Waals surface area (Å²) < 4.78 is 36.7. The molecule has 21 nitrogen and oxygen atoms in total. The van der Waals surface area contributed by atoms with Gasteiger partial charge in [-0.2, -0.15) is 13.9 Å². The summed E-state index contributed by atoms with van der Waals surface area (Å²) in [6, 6.07) is 14.2. The van der Waals surface area contributed by atoms with E-state index >= 15 is 0 Å². The number of anilines is 1. The van der Waals surface area contributed by atoms with Crippen LogP contribution in [0.1, 0.15) is 85.2 Å². The minimum Gasteiger partial charge on any atom is -0.352 e. The predicted molar refractivity (Wildman–Crippen MR) is 323 cm³/mol. The van der Waals surface area contributed by atoms with Gasteiger partial charge in [-0.05, 0) is 125 Å². The Morgan fingerprint density at radius 1 is 0.753 bits per heavy atom. The van der Waals surface area contributed by atoms with E-state index in [0.717, 1.165) is 89.8 Å². The molecule has 27 heteroatoms. The van der Waals surface area contributed by atoms with Crippen molar-refractivity contribution in [2.75, 3.05) is 38.7 Å². The average Bonchev–Trinajstić information content (AvgIpc) is 4.32. The maximum absolute atomic E-state index is 13.3. The van der Waals surface area contributed by atoms with Gasteiger partial charge in [0.25, 0.3) is 5.91 Å². The molecule has 0 saturated carbocycles. The molecule has 9 aromatic heterocycles. The Labute approximate surface area is 502 Å². The Morgan fingerprint density at radius 2 is 1.35 bits per heavy atom. The van der Waals surface area contributed by atoms with Crippen molar-refractivity contribution in [1.29, 1.82) is 0 Å². The van der Waals surface area contributed by atoms with Crippen molar-refractivity contribution >= 4 is 98.0 Å². The van der Waals surface area contributed by atoms with Crippen LogP contribution in [0, 0.1) is 17.8 Å². The van der Waals surface area contributed by atoms with Crippen LogP contribution in [0.5, 0.6) is 0 Å². The minimum atomic E-state index is -0.795. The van der Waals surface area contributed by atoms with Crippen LogP contribution in [0.25, 0.3) is 22.6 Å². The van der Waals surface area contributed by atoms with Crippen LogP contribution < -0.4 is 10.2 Å². The number of piperazine rings is 1. The Balaban J connectivity index is 0.000000192. The Morgan fingerprint density at radius 3 is 1.93 bits per heavy atom. The molecule has 81 heavy (non-hydrogen) atoms. The molecule has 11 rings (SSSR count). The van der Waals surface area contributed by atoms with Crippen molar-refractivity contribution in [3.63, 3.8) is 0 Å². The second kappa shape index (κ2) is 30.9. The molecule has 0 unspecified atom stereocenters. The zero-order chi connectivity index (χ0) is 58.2. The largest absolute Gasteiger partial charge is 0.352 e. The molecule has 1 atom stereocenters. The van der Waals surface area contributed by atoms with Crippen molar-refractivity contribution in [3.8, 4) is 11.5 Å². The fraction of sp³-hybridized carbons (Fsp3) is 0.333. The van der Waals surface area contributed by atoms with E-state index in [-0.39, 0.29) is 24.4 Å². The van der Waals surface area contributed by atoms with Crippen molar-refractivity contribution in [2.45, 2.75) is 54.1 Å². The number of aliphatic imine (C=N–C) groups is 1. The van der Waals surface area contributed by atoms with Gasteiger partial charge in [0.2, 0.25) is 17.7 Å². The summed E-state index contributed by atoms with van der Waals surface area (Å²) in [7, 11) is 10.3. The molecule has 2 aliphatic rings. The van der Waals surface area contributed by atoms with E-state index in [1.807, 2.05) is 80.8 Å². The number of hydrogen-bond donors (Lipinski definition) is 2. The number of nitrogens with zero attached hydrogens (tertiary/aromatic N) is 16. The van der Waals surface area contributed by atoms with Gasteiger partial charge in [-0.25, -0.2) is 40.0 Å². The van der Waals surface area contributed by atoms with Gasteiger partial charge in [-0.1, -0.05) is 35.1 Å². The molecular formula is C54H64Br4F2N18O3. The van der Waals surface area contributed by atoms with E-state index in [0.29, 0.717) is 23.1 Å². The summed E-state index contributed by atoms with van der Waals surface area (Å²) in [5.41, 5.74) is 4.50. The van der Waals surface area contributed by atoms with Crippen LogP contribution in [-0.2, 0) is 39.6 Å².